The van der Waals surface area contributed by atoms with Gasteiger partial charge in [0.15, 0.2) is 0 Å². The molecule has 12 heavy (non-hydrogen) atoms. The Hall–Kier alpha value is -0.621. The quantitative estimate of drug-likeness (QED) is 0.414. The van der Waals surface area contributed by atoms with Crippen LogP contribution in [0.4, 0.5) is 0 Å². The third-order valence-electron chi connectivity index (χ3n) is 0.689. The zero-order chi connectivity index (χ0) is 10.1. The number of nitrogens with two attached hydrogens (primary N) is 2. The van der Waals surface area contributed by atoms with Crippen molar-refractivity contribution in [2.45, 2.75) is 11.4 Å². The molecule has 0 unspecified atom stereocenters. The molecule has 0 spiro atoms. The van der Waals surface area contributed by atoms with Crippen molar-refractivity contribution in [3.05, 3.63) is 0 Å². The molecule has 1 atom stereocenters. The first-order chi connectivity index (χ1) is 5.45. The predicted octanol–water partition coefficient (Wildman–Crippen LogP) is -2.25. The van der Waals surface area contributed by atoms with Gasteiger partial charge in [-0.05, 0) is 0 Å². The van der Waals surface area contributed by atoms with Gasteiger partial charge in [-0.15, -0.1) is 0 Å². The van der Waals surface area contributed by atoms with Crippen LogP contribution in [0, 0.1) is 0 Å². The van der Waals surface area contributed by atoms with Gasteiger partial charge in [-0.25, -0.2) is 0 Å². The number of aliphatic carboxylic acids is 2. The molecular formula is C5H12N2O4Se. The van der Waals surface area contributed by atoms with Crippen molar-refractivity contribution in [2.75, 3.05) is 6.54 Å². The van der Waals surface area contributed by atoms with E-state index in [2.05, 4.69) is 21.7 Å². The average molecular weight is 243 g/mol. The van der Waals surface area contributed by atoms with Gasteiger partial charge in [0.05, 0.1) is 6.54 Å². The topological polar surface area (TPSA) is 127 Å². The van der Waals surface area contributed by atoms with Gasteiger partial charge in [-0.3, -0.25) is 4.79 Å². The van der Waals surface area contributed by atoms with Crippen LogP contribution in [0.25, 0.3) is 0 Å². The Morgan fingerprint density at radius 1 is 1.42 bits per heavy atom. The molecule has 0 radical (unpaired) electrons. The molecule has 0 aliphatic heterocycles. The van der Waals surface area contributed by atoms with E-state index >= 15 is 0 Å². The van der Waals surface area contributed by atoms with Gasteiger partial charge in [-0.1, -0.05) is 0 Å². The molecule has 0 saturated heterocycles. The van der Waals surface area contributed by atoms with E-state index in [1.807, 2.05) is 0 Å². The van der Waals surface area contributed by atoms with E-state index in [1.165, 1.54) is 0 Å². The van der Waals surface area contributed by atoms with Gasteiger partial charge < -0.3 is 10.8 Å². The van der Waals surface area contributed by atoms with E-state index in [4.69, 9.17) is 15.9 Å². The Bertz CT molecular complexity index is 152. The fourth-order valence-electron chi connectivity index (χ4n) is 0.0781. The average Bonchev–Trinajstić information content (AvgIpc) is 2.04. The van der Waals surface area contributed by atoms with Crippen molar-refractivity contribution in [3.8, 4) is 0 Å². The number of hydrogen-bond acceptors (Lipinski definition) is 4. The molecule has 7 heteroatoms. The van der Waals surface area contributed by atoms with Crippen LogP contribution < -0.4 is 11.5 Å². The summed E-state index contributed by atoms with van der Waals surface area (Å²) in [6.45, 7) is -0.278. The Balaban J connectivity index is 0. The van der Waals surface area contributed by atoms with Crippen molar-refractivity contribution in [2.24, 2.45) is 11.5 Å². The summed E-state index contributed by atoms with van der Waals surface area (Å²) < 4.78 is 0. The number of carbonyl (C=O) groups is 2. The molecule has 0 aliphatic rings. The van der Waals surface area contributed by atoms with Gasteiger partial charge in [0.1, 0.15) is 0 Å². The first-order valence-corrected chi connectivity index (χ1v) is 4.29. The normalized spacial score (nSPS) is 10.9. The van der Waals surface area contributed by atoms with E-state index in [0.29, 0.717) is 5.32 Å². The van der Waals surface area contributed by atoms with Crippen LogP contribution in [0.3, 0.4) is 0 Å². The number of hydrogen-bond donors (Lipinski definition) is 4. The summed E-state index contributed by atoms with van der Waals surface area (Å²) in [5.41, 5.74) is 9.57. The fourth-order valence-corrected chi connectivity index (χ4v) is 0.406. The Labute approximate surface area is 77.7 Å². The van der Waals surface area contributed by atoms with Crippen LogP contribution in [-0.4, -0.2) is 50.8 Å². The molecule has 72 valence electrons. The molecule has 0 fully saturated rings. The first-order valence-electron chi connectivity index (χ1n) is 2.96. The third kappa shape index (κ3) is 12.1. The molecule has 0 rings (SSSR count). The third-order valence-corrected chi connectivity index (χ3v) is 1.51. The van der Waals surface area contributed by atoms with Gasteiger partial charge >= 0.3 is 54.9 Å². The van der Waals surface area contributed by atoms with Crippen LogP contribution >= 0.6 is 0 Å². The molecule has 0 aromatic rings. The molecule has 0 aliphatic carbocycles. The van der Waals surface area contributed by atoms with E-state index < -0.39 is 18.0 Å². The van der Waals surface area contributed by atoms with Gasteiger partial charge in [-0.2, -0.15) is 0 Å². The minimum absolute atomic E-state index is 0.278. The summed E-state index contributed by atoms with van der Waals surface area (Å²) in [5.74, 6) is -1.91. The van der Waals surface area contributed by atoms with Crippen molar-refractivity contribution in [3.63, 3.8) is 0 Å². The van der Waals surface area contributed by atoms with Gasteiger partial charge in [0.2, 0.25) is 0 Å². The van der Waals surface area contributed by atoms with Crippen LogP contribution in [-0.2, 0) is 9.59 Å². The fraction of sp³-hybridized carbons (Fsp3) is 0.600. The van der Waals surface area contributed by atoms with Gasteiger partial charge in [0.25, 0.3) is 0 Å². The minimum atomic E-state index is -0.968. The zero-order valence-corrected chi connectivity index (χ0v) is 8.18. The zero-order valence-electron chi connectivity index (χ0n) is 6.30. The summed E-state index contributed by atoms with van der Waals surface area (Å²) in [6.07, 6.45) is 0. The SMILES string of the molecule is NCC(=O)O.N[C@@H](C[SeH])C(=O)O. The van der Waals surface area contributed by atoms with Crippen molar-refractivity contribution in [1.82, 2.24) is 0 Å². The van der Waals surface area contributed by atoms with Crippen LogP contribution in [0.1, 0.15) is 0 Å². The molecule has 0 bridgehead atoms. The van der Waals surface area contributed by atoms with E-state index in [9.17, 15) is 9.59 Å². The predicted molar refractivity (Wildman–Crippen MR) is 44.3 cm³/mol. The summed E-state index contributed by atoms with van der Waals surface area (Å²) in [5, 5.41) is 16.1. The van der Waals surface area contributed by atoms with E-state index in [-0.39, 0.29) is 6.54 Å². The number of carboxylic acid groups (broad SMARTS) is 2. The summed E-state index contributed by atoms with van der Waals surface area (Å²) in [6, 6.07) is -0.708. The Morgan fingerprint density at radius 3 is 1.75 bits per heavy atom. The summed E-state index contributed by atoms with van der Waals surface area (Å²) in [7, 11) is 0. The standard InChI is InChI=1S/C3H7NO2Se.C2H5NO2/c4-2(1-7)3(5)6;3-1-2(4)5/h2,7H,1,4H2,(H,5,6);1,3H2,(H,4,5)/t2-;/m0./s1. The van der Waals surface area contributed by atoms with Crippen molar-refractivity contribution < 1.29 is 19.8 Å². The first kappa shape index (κ1) is 13.9. The molecule has 0 aromatic carbocycles. The van der Waals surface area contributed by atoms with Gasteiger partial charge in [0, 0.05) is 0 Å². The molecular weight excluding hydrogens is 231 g/mol. The molecule has 0 saturated carbocycles. The number of rotatable bonds is 3. The Kier molecular flexibility index (Phi) is 9.84. The summed E-state index contributed by atoms with van der Waals surface area (Å²) in [4.78, 5) is 19.0. The second kappa shape index (κ2) is 8.48. The second-order valence-electron chi connectivity index (χ2n) is 1.73. The van der Waals surface area contributed by atoms with Crippen LogP contribution in [0.15, 0.2) is 0 Å². The van der Waals surface area contributed by atoms with Crippen molar-refractivity contribution >= 4 is 28.0 Å². The molecule has 0 heterocycles. The maximum atomic E-state index is 9.80. The monoisotopic (exact) mass is 244 g/mol. The summed E-state index contributed by atoms with van der Waals surface area (Å²) >= 11 is 2.13. The van der Waals surface area contributed by atoms with E-state index in [0.717, 1.165) is 0 Å². The second-order valence-corrected chi connectivity index (χ2v) is 2.49. The molecule has 0 aromatic heterocycles. The van der Waals surface area contributed by atoms with E-state index in [1.54, 1.807) is 0 Å². The molecule has 6 nitrogen and oxygen atoms in total. The van der Waals surface area contributed by atoms with Crippen LogP contribution in [0.5, 0.6) is 0 Å². The van der Waals surface area contributed by atoms with Crippen LogP contribution in [0.2, 0.25) is 5.32 Å². The molecule has 6 N–H and O–H groups in total. The molecule has 0 amide bonds. The van der Waals surface area contributed by atoms with Crippen molar-refractivity contribution in [1.29, 1.82) is 0 Å². The Morgan fingerprint density at radius 2 is 1.75 bits per heavy atom. The number of carboxylic acids is 2. The maximum absolute atomic E-state index is 9.80.